The molecule has 0 spiro atoms. The molecule has 2 rings (SSSR count). The first kappa shape index (κ1) is 11.6. The van der Waals surface area contributed by atoms with Crippen LogP contribution in [-0.4, -0.2) is 17.4 Å². The van der Waals surface area contributed by atoms with Crippen molar-refractivity contribution in [2.24, 2.45) is 0 Å². The Bertz CT molecular complexity index is 391. The molecule has 3 heteroatoms. The minimum atomic E-state index is 0.185. The number of benzene rings is 1. The lowest BCUT2D eigenvalue weighted by Gasteiger charge is -2.32. The van der Waals surface area contributed by atoms with Crippen molar-refractivity contribution < 1.29 is 4.79 Å². The van der Waals surface area contributed by atoms with Gasteiger partial charge in [0.15, 0.2) is 0 Å². The lowest BCUT2D eigenvalue weighted by atomic mass is 10.0. The fourth-order valence-corrected chi connectivity index (χ4v) is 2.60. The van der Waals surface area contributed by atoms with Gasteiger partial charge < -0.3 is 4.90 Å². The fraction of sp³-hybridized carbons (Fsp3) is 0.462. The Morgan fingerprint density at radius 1 is 1.38 bits per heavy atom. The monoisotopic (exact) mass is 281 g/mol. The predicted octanol–water partition coefficient (Wildman–Crippen LogP) is 3.52. The van der Waals surface area contributed by atoms with Crippen LogP contribution in [0.15, 0.2) is 28.7 Å². The second-order valence-electron chi connectivity index (χ2n) is 4.28. The molecule has 1 amide bonds. The number of halogens is 1. The second-order valence-corrected chi connectivity index (χ2v) is 5.19. The Labute approximate surface area is 105 Å². The second kappa shape index (κ2) is 5.00. The molecular formula is C13H16BrNO. The number of amides is 1. The van der Waals surface area contributed by atoms with E-state index in [0.717, 1.165) is 23.9 Å². The van der Waals surface area contributed by atoms with E-state index in [1.807, 2.05) is 17.0 Å². The smallest absolute Gasteiger partial charge is 0.223 e. The Morgan fingerprint density at radius 3 is 2.88 bits per heavy atom. The molecule has 1 unspecified atom stereocenters. The van der Waals surface area contributed by atoms with Crippen molar-refractivity contribution in [2.45, 2.75) is 32.2 Å². The highest BCUT2D eigenvalue weighted by Gasteiger charge is 2.23. The van der Waals surface area contributed by atoms with Crippen molar-refractivity contribution in [3.63, 3.8) is 0 Å². The maximum Gasteiger partial charge on any atom is 0.223 e. The minimum absolute atomic E-state index is 0.185. The van der Waals surface area contributed by atoms with E-state index in [2.05, 4.69) is 35.0 Å². The van der Waals surface area contributed by atoms with Gasteiger partial charge in [-0.05, 0) is 37.5 Å². The number of piperidine rings is 1. The van der Waals surface area contributed by atoms with E-state index in [0.29, 0.717) is 12.3 Å². The number of hydrogen-bond acceptors (Lipinski definition) is 1. The zero-order chi connectivity index (χ0) is 11.5. The van der Waals surface area contributed by atoms with Gasteiger partial charge >= 0.3 is 0 Å². The van der Waals surface area contributed by atoms with Gasteiger partial charge in [-0.15, -0.1) is 0 Å². The highest BCUT2D eigenvalue weighted by molar-refractivity contribution is 9.10. The van der Waals surface area contributed by atoms with Crippen LogP contribution >= 0.6 is 15.9 Å². The van der Waals surface area contributed by atoms with Crippen molar-refractivity contribution in [3.8, 4) is 0 Å². The van der Waals surface area contributed by atoms with Gasteiger partial charge in [-0.2, -0.15) is 0 Å². The molecule has 1 atom stereocenters. The van der Waals surface area contributed by atoms with Gasteiger partial charge in [-0.3, -0.25) is 4.79 Å². The molecule has 1 aromatic rings. The van der Waals surface area contributed by atoms with Crippen LogP contribution in [0.5, 0.6) is 0 Å². The third-order valence-electron chi connectivity index (χ3n) is 3.16. The largest absolute Gasteiger partial charge is 0.336 e. The Kier molecular flexibility index (Phi) is 3.64. The molecule has 1 aliphatic rings. The molecule has 0 aromatic heterocycles. The lowest BCUT2D eigenvalue weighted by molar-refractivity contribution is -0.135. The summed E-state index contributed by atoms with van der Waals surface area (Å²) in [6.45, 7) is 3.00. The van der Waals surface area contributed by atoms with Crippen LogP contribution in [0.25, 0.3) is 0 Å². The minimum Gasteiger partial charge on any atom is -0.336 e. The van der Waals surface area contributed by atoms with E-state index in [4.69, 9.17) is 0 Å². The maximum atomic E-state index is 11.8. The van der Waals surface area contributed by atoms with Gasteiger partial charge in [0.2, 0.25) is 5.91 Å². The normalized spacial score (nSPS) is 18.6. The SMILES string of the molecule is CC(c1cccc(Br)c1)N1CCCCC1=O. The van der Waals surface area contributed by atoms with E-state index < -0.39 is 0 Å². The van der Waals surface area contributed by atoms with E-state index in [-0.39, 0.29) is 6.04 Å². The Hall–Kier alpha value is -0.830. The number of nitrogens with zero attached hydrogens (tertiary/aromatic N) is 1. The molecule has 0 N–H and O–H groups in total. The van der Waals surface area contributed by atoms with Crippen molar-refractivity contribution in [1.29, 1.82) is 0 Å². The molecule has 86 valence electrons. The predicted molar refractivity (Wildman–Crippen MR) is 68.1 cm³/mol. The van der Waals surface area contributed by atoms with Crippen molar-refractivity contribution in [3.05, 3.63) is 34.3 Å². The van der Waals surface area contributed by atoms with Gasteiger partial charge in [-0.1, -0.05) is 28.1 Å². The van der Waals surface area contributed by atoms with Gasteiger partial charge in [0, 0.05) is 17.4 Å². The molecule has 0 aliphatic carbocycles. The summed E-state index contributed by atoms with van der Waals surface area (Å²) in [7, 11) is 0. The summed E-state index contributed by atoms with van der Waals surface area (Å²) in [5.74, 6) is 0.290. The van der Waals surface area contributed by atoms with Gasteiger partial charge in [0.1, 0.15) is 0 Å². The summed E-state index contributed by atoms with van der Waals surface area (Å²) in [5.41, 5.74) is 1.20. The Morgan fingerprint density at radius 2 is 2.19 bits per heavy atom. The molecule has 1 saturated heterocycles. The third kappa shape index (κ3) is 2.46. The molecule has 0 saturated carbocycles. The van der Waals surface area contributed by atoms with Gasteiger partial charge in [-0.25, -0.2) is 0 Å². The number of carbonyl (C=O) groups excluding carboxylic acids is 1. The van der Waals surface area contributed by atoms with Gasteiger partial charge in [0.05, 0.1) is 6.04 Å². The number of hydrogen-bond donors (Lipinski definition) is 0. The average molecular weight is 282 g/mol. The van der Waals surface area contributed by atoms with Crippen LogP contribution in [0.4, 0.5) is 0 Å². The number of rotatable bonds is 2. The maximum absolute atomic E-state index is 11.8. The molecule has 2 nitrogen and oxygen atoms in total. The molecular weight excluding hydrogens is 266 g/mol. The topological polar surface area (TPSA) is 20.3 Å². The summed E-state index contributed by atoms with van der Waals surface area (Å²) in [4.78, 5) is 13.8. The fourth-order valence-electron chi connectivity index (χ4n) is 2.18. The summed E-state index contributed by atoms with van der Waals surface area (Å²) < 4.78 is 1.07. The molecule has 1 aliphatic heterocycles. The highest BCUT2D eigenvalue weighted by Crippen LogP contribution is 2.26. The number of likely N-dealkylation sites (tertiary alicyclic amines) is 1. The molecule has 0 bridgehead atoms. The molecule has 1 heterocycles. The summed E-state index contributed by atoms with van der Waals surface area (Å²) in [5, 5.41) is 0. The molecule has 1 aromatic carbocycles. The first-order valence-corrected chi connectivity index (χ1v) is 6.53. The van der Waals surface area contributed by atoms with Crippen LogP contribution < -0.4 is 0 Å². The van der Waals surface area contributed by atoms with Crippen molar-refractivity contribution >= 4 is 21.8 Å². The van der Waals surface area contributed by atoms with E-state index in [9.17, 15) is 4.79 Å². The van der Waals surface area contributed by atoms with Crippen molar-refractivity contribution in [1.82, 2.24) is 4.90 Å². The zero-order valence-electron chi connectivity index (χ0n) is 9.45. The van der Waals surface area contributed by atoms with Crippen LogP contribution in [-0.2, 0) is 4.79 Å². The zero-order valence-corrected chi connectivity index (χ0v) is 11.0. The van der Waals surface area contributed by atoms with Crippen LogP contribution in [0.2, 0.25) is 0 Å². The lowest BCUT2D eigenvalue weighted by Crippen LogP contribution is -2.37. The standard InChI is InChI=1S/C13H16BrNO/c1-10(11-5-4-6-12(14)9-11)15-8-3-2-7-13(15)16/h4-6,9-10H,2-3,7-8H2,1H3. The molecule has 0 radical (unpaired) electrons. The van der Waals surface area contributed by atoms with E-state index in [1.54, 1.807) is 0 Å². The highest BCUT2D eigenvalue weighted by atomic mass is 79.9. The average Bonchev–Trinajstić information content (AvgIpc) is 2.29. The first-order valence-electron chi connectivity index (χ1n) is 5.73. The van der Waals surface area contributed by atoms with Crippen molar-refractivity contribution in [2.75, 3.05) is 6.54 Å². The number of carbonyl (C=O) groups is 1. The van der Waals surface area contributed by atoms with Crippen LogP contribution in [0, 0.1) is 0 Å². The van der Waals surface area contributed by atoms with E-state index in [1.165, 1.54) is 5.56 Å². The third-order valence-corrected chi connectivity index (χ3v) is 3.65. The summed E-state index contributed by atoms with van der Waals surface area (Å²) in [6.07, 6.45) is 2.88. The Balaban J connectivity index is 2.17. The molecule has 16 heavy (non-hydrogen) atoms. The summed E-state index contributed by atoms with van der Waals surface area (Å²) in [6, 6.07) is 8.38. The van der Waals surface area contributed by atoms with Crippen LogP contribution in [0.1, 0.15) is 37.8 Å². The quantitative estimate of drug-likeness (QED) is 0.812. The summed E-state index contributed by atoms with van der Waals surface area (Å²) >= 11 is 3.47. The molecule has 1 fully saturated rings. The van der Waals surface area contributed by atoms with E-state index >= 15 is 0 Å². The van der Waals surface area contributed by atoms with Gasteiger partial charge in [0.25, 0.3) is 0 Å². The first-order chi connectivity index (χ1) is 7.68. The van der Waals surface area contributed by atoms with Crippen LogP contribution in [0.3, 0.4) is 0 Å².